The highest BCUT2D eigenvalue weighted by atomic mass is 16.5. The average Bonchev–Trinajstić information content (AvgIpc) is 3.62. The summed E-state index contributed by atoms with van der Waals surface area (Å²) >= 11 is 0. The summed E-state index contributed by atoms with van der Waals surface area (Å²) in [6, 6.07) is 23.0. The first-order valence-electron chi connectivity index (χ1n) is 11.8. The van der Waals surface area contributed by atoms with Gasteiger partial charge in [0.15, 0.2) is 0 Å². The molecule has 1 aromatic heterocycles. The van der Waals surface area contributed by atoms with Gasteiger partial charge in [0.05, 0.1) is 16.9 Å². The smallest absolute Gasteiger partial charge is 0.309 e. The van der Waals surface area contributed by atoms with E-state index >= 15 is 0 Å². The van der Waals surface area contributed by atoms with Gasteiger partial charge in [-0.05, 0) is 68.7 Å². The van der Waals surface area contributed by atoms with Gasteiger partial charge in [-0.25, -0.2) is 0 Å². The number of nitrogens with one attached hydrogen (secondary N) is 1. The van der Waals surface area contributed by atoms with Gasteiger partial charge in [0.2, 0.25) is 5.88 Å². The molecule has 176 valence electrons. The number of nitrogens with zero attached hydrogens (tertiary/aromatic N) is 2. The Labute approximate surface area is 204 Å². The number of amides is 1. The van der Waals surface area contributed by atoms with Crippen LogP contribution in [0.25, 0.3) is 16.8 Å². The number of esters is 1. The quantitative estimate of drug-likeness (QED) is 0.344. The van der Waals surface area contributed by atoms with Crippen molar-refractivity contribution in [2.24, 2.45) is 0 Å². The third kappa shape index (κ3) is 4.87. The number of benzene rings is 3. The van der Waals surface area contributed by atoms with Crippen LogP contribution in [-0.2, 0) is 4.79 Å². The van der Waals surface area contributed by atoms with E-state index in [1.54, 1.807) is 4.68 Å². The molecular weight excluding hydrogens is 438 g/mol. The second kappa shape index (κ2) is 9.22. The number of aryl methyl sites for hydroxylation is 2. The lowest BCUT2D eigenvalue weighted by atomic mass is 10.0. The van der Waals surface area contributed by atoms with Crippen molar-refractivity contribution >= 4 is 17.6 Å². The van der Waals surface area contributed by atoms with Gasteiger partial charge >= 0.3 is 5.97 Å². The molecule has 0 bridgehead atoms. The van der Waals surface area contributed by atoms with Gasteiger partial charge < -0.3 is 10.1 Å². The molecule has 0 aliphatic heterocycles. The number of anilines is 1. The van der Waals surface area contributed by atoms with Crippen LogP contribution in [-0.4, -0.2) is 21.7 Å². The van der Waals surface area contributed by atoms with E-state index < -0.39 is 5.97 Å². The summed E-state index contributed by atoms with van der Waals surface area (Å²) in [5.41, 5.74) is 7.00. The summed E-state index contributed by atoms with van der Waals surface area (Å²) in [6.07, 6.45) is 2.12. The predicted octanol–water partition coefficient (Wildman–Crippen LogP) is 6.21. The Morgan fingerprint density at radius 3 is 2.06 bits per heavy atom. The highest BCUT2D eigenvalue weighted by Crippen LogP contribution is 2.48. The fourth-order valence-electron chi connectivity index (χ4n) is 4.05. The van der Waals surface area contributed by atoms with E-state index in [1.165, 1.54) is 6.92 Å². The summed E-state index contributed by atoms with van der Waals surface area (Å²) in [5, 5.41) is 7.83. The number of rotatable bonds is 6. The van der Waals surface area contributed by atoms with Crippen LogP contribution in [0.3, 0.4) is 0 Å². The maximum Gasteiger partial charge on any atom is 0.309 e. The first kappa shape index (κ1) is 22.6. The summed E-state index contributed by atoms with van der Waals surface area (Å²) in [5.74, 6) is 0.194. The summed E-state index contributed by atoms with van der Waals surface area (Å²) < 4.78 is 7.45. The molecule has 0 atom stereocenters. The molecular formula is C29H27N3O3. The summed E-state index contributed by atoms with van der Waals surface area (Å²) in [7, 11) is 0. The van der Waals surface area contributed by atoms with Crippen molar-refractivity contribution in [1.29, 1.82) is 0 Å². The number of ether oxygens (including phenoxy) is 1. The Bertz CT molecular complexity index is 1380. The van der Waals surface area contributed by atoms with Crippen LogP contribution in [0.5, 0.6) is 5.88 Å². The minimum atomic E-state index is -0.399. The van der Waals surface area contributed by atoms with Crippen LogP contribution in [0, 0.1) is 13.8 Å². The molecule has 1 saturated carbocycles. The van der Waals surface area contributed by atoms with E-state index in [0.29, 0.717) is 23.0 Å². The fraction of sp³-hybridized carbons (Fsp3) is 0.207. The van der Waals surface area contributed by atoms with Gasteiger partial charge in [-0.15, -0.1) is 0 Å². The van der Waals surface area contributed by atoms with Gasteiger partial charge in [-0.2, -0.15) is 9.78 Å². The molecule has 0 radical (unpaired) electrons. The van der Waals surface area contributed by atoms with Gasteiger partial charge in [-0.3, -0.25) is 9.59 Å². The average molecular weight is 466 g/mol. The molecule has 1 heterocycles. The Kier molecular flexibility index (Phi) is 5.95. The Morgan fingerprint density at radius 1 is 0.886 bits per heavy atom. The van der Waals surface area contributed by atoms with Crippen LogP contribution < -0.4 is 10.1 Å². The largest absolute Gasteiger partial charge is 0.407 e. The lowest BCUT2D eigenvalue weighted by Crippen LogP contribution is -2.11. The van der Waals surface area contributed by atoms with Crippen LogP contribution in [0.1, 0.15) is 52.9 Å². The standard InChI is InChI=1S/C29H27N3O3/c1-18-4-8-23(9-5-18)28(34)30-24-14-12-21(13-15-24)26-27(22-10-11-22)31-32(29(26)35-20(3)33)25-16-6-19(2)7-17-25/h4-9,12-17,22H,10-11H2,1-3H3,(H,30,34). The molecule has 0 spiro atoms. The third-order valence-corrected chi connectivity index (χ3v) is 6.10. The van der Waals surface area contributed by atoms with E-state index in [1.807, 2.05) is 86.6 Å². The molecule has 6 nitrogen and oxygen atoms in total. The normalized spacial score (nSPS) is 12.9. The zero-order valence-corrected chi connectivity index (χ0v) is 20.0. The molecule has 0 saturated heterocycles. The molecule has 35 heavy (non-hydrogen) atoms. The van der Waals surface area contributed by atoms with Crippen LogP contribution in [0.4, 0.5) is 5.69 Å². The second-order valence-electron chi connectivity index (χ2n) is 9.08. The van der Waals surface area contributed by atoms with E-state index in [0.717, 1.165) is 46.5 Å². The van der Waals surface area contributed by atoms with Crippen molar-refractivity contribution in [2.75, 3.05) is 5.32 Å². The number of carbonyl (C=O) groups is 2. The van der Waals surface area contributed by atoms with E-state index in [-0.39, 0.29) is 5.91 Å². The van der Waals surface area contributed by atoms with Crippen LogP contribution >= 0.6 is 0 Å². The summed E-state index contributed by atoms with van der Waals surface area (Å²) in [4.78, 5) is 24.7. The first-order chi connectivity index (χ1) is 16.9. The van der Waals surface area contributed by atoms with Crippen molar-refractivity contribution in [2.45, 2.75) is 39.5 Å². The van der Waals surface area contributed by atoms with Gasteiger partial charge in [0.25, 0.3) is 5.91 Å². The monoisotopic (exact) mass is 465 g/mol. The summed E-state index contributed by atoms with van der Waals surface area (Å²) in [6.45, 7) is 5.41. The molecule has 1 aliphatic carbocycles. The lowest BCUT2D eigenvalue weighted by molar-refractivity contribution is -0.132. The number of aromatic nitrogens is 2. The maximum atomic E-state index is 12.6. The van der Waals surface area contributed by atoms with Crippen molar-refractivity contribution < 1.29 is 14.3 Å². The van der Waals surface area contributed by atoms with E-state index in [9.17, 15) is 9.59 Å². The molecule has 3 aromatic carbocycles. The van der Waals surface area contributed by atoms with E-state index in [4.69, 9.17) is 9.84 Å². The molecule has 1 amide bonds. The maximum absolute atomic E-state index is 12.6. The zero-order valence-electron chi connectivity index (χ0n) is 20.0. The lowest BCUT2D eigenvalue weighted by Gasteiger charge is -2.11. The number of hydrogen-bond donors (Lipinski definition) is 1. The van der Waals surface area contributed by atoms with Crippen molar-refractivity contribution in [3.05, 3.63) is 95.2 Å². The highest BCUT2D eigenvalue weighted by molar-refractivity contribution is 6.04. The zero-order chi connectivity index (χ0) is 24.5. The van der Waals surface area contributed by atoms with Crippen molar-refractivity contribution in [3.63, 3.8) is 0 Å². The minimum Gasteiger partial charge on any atom is -0.407 e. The highest BCUT2D eigenvalue weighted by Gasteiger charge is 2.34. The Hall–Kier alpha value is -4.19. The SMILES string of the molecule is CC(=O)Oc1c(-c2ccc(NC(=O)c3ccc(C)cc3)cc2)c(C2CC2)nn1-c1ccc(C)cc1. The first-order valence-corrected chi connectivity index (χ1v) is 11.8. The minimum absolute atomic E-state index is 0.163. The number of carbonyl (C=O) groups excluding carboxylic acids is 2. The predicted molar refractivity (Wildman–Crippen MR) is 136 cm³/mol. The van der Waals surface area contributed by atoms with Gasteiger partial charge in [0.1, 0.15) is 0 Å². The molecule has 1 aliphatic rings. The van der Waals surface area contributed by atoms with Gasteiger partial charge in [0, 0.05) is 24.1 Å². The Balaban J connectivity index is 1.50. The Morgan fingerprint density at radius 2 is 1.49 bits per heavy atom. The molecule has 1 fully saturated rings. The van der Waals surface area contributed by atoms with Crippen LogP contribution in [0.15, 0.2) is 72.8 Å². The van der Waals surface area contributed by atoms with E-state index in [2.05, 4.69) is 5.32 Å². The molecule has 0 unspecified atom stereocenters. The fourth-order valence-corrected chi connectivity index (χ4v) is 4.05. The topological polar surface area (TPSA) is 73.2 Å². The molecule has 1 N–H and O–H groups in total. The van der Waals surface area contributed by atoms with Crippen molar-refractivity contribution in [3.8, 4) is 22.7 Å². The molecule has 4 aromatic rings. The third-order valence-electron chi connectivity index (χ3n) is 6.10. The second-order valence-corrected chi connectivity index (χ2v) is 9.08. The van der Waals surface area contributed by atoms with Gasteiger partial charge in [-0.1, -0.05) is 47.5 Å². The number of hydrogen-bond acceptors (Lipinski definition) is 4. The molecule has 6 heteroatoms. The van der Waals surface area contributed by atoms with Crippen molar-refractivity contribution in [1.82, 2.24) is 9.78 Å². The molecule has 5 rings (SSSR count). The van der Waals surface area contributed by atoms with Crippen LogP contribution in [0.2, 0.25) is 0 Å².